The molecule has 0 atom stereocenters. The molecule has 5 rings (SSSR count). The normalized spacial score (nSPS) is 15.1. The predicted molar refractivity (Wildman–Crippen MR) is 122 cm³/mol. The number of benzene rings is 1. The van der Waals surface area contributed by atoms with Crippen LogP contribution in [0.3, 0.4) is 0 Å². The van der Waals surface area contributed by atoms with E-state index in [9.17, 15) is 8.42 Å². The van der Waals surface area contributed by atoms with E-state index >= 15 is 0 Å². The Balaban J connectivity index is 1.73. The van der Waals surface area contributed by atoms with Crippen LogP contribution in [0, 0.1) is 0 Å². The first-order valence-electron chi connectivity index (χ1n) is 10.5. The van der Waals surface area contributed by atoms with Crippen molar-refractivity contribution < 1.29 is 8.42 Å². The Morgan fingerprint density at radius 3 is 2.58 bits per heavy atom. The van der Waals surface area contributed by atoms with E-state index in [2.05, 4.69) is 22.2 Å². The van der Waals surface area contributed by atoms with Crippen molar-refractivity contribution in [1.82, 2.24) is 18.7 Å². The summed E-state index contributed by atoms with van der Waals surface area (Å²) in [5.41, 5.74) is 4.47. The van der Waals surface area contributed by atoms with Gasteiger partial charge in [0.15, 0.2) is 5.65 Å². The number of aromatic nitrogens is 4. The third-order valence-electron chi connectivity index (χ3n) is 5.84. The summed E-state index contributed by atoms with van der Waals surface area (Å²) in [7, 11) is -1.93. The van der Waals surface area contributed by atoms with E-state index in [4.69, 9.17) is 0 Å². The standard InChI is InChI=1S/C24H24N4O2S/c1-27-16-20(15-26-27)23-17-28(31(29,30)21-11-7-4-8-12-21)24-22(23)13-19(14-25-24)18-9-5-2-3-6-10-18/h4,7-9,11-17H,2-3,5-6,10H2,1H3. The van der Waals surface area contributed by atoms with Gasteiger partial charge in [-0.05, 0) is 55.0 Å². The summed E-state index contributed by atoms with van der Waals surface area (Å²) in [6.07, 6.45) is 15.2. The quantitative estimate of drug-likeness (QED) is 0.454. The SMILES string of the molecule is Cn1cc(-c2cn(S(=O)(=O)c3ccccc3)c3ncc(C4=CCCCCC4)cc23)cn1. The van der Waals surface area contributed by atoms with Gasteiger partial charge in [0.1, 0.15) is 0 Å². The van der Waals surface area contributed by atoms with Gasteiger partial charge in [-0.3, -0.25) is 4.68 Å². The van der Waals surface area contributed by atoms with Crippen LogP contribution < -0.4 is 0 Å². The third kappa shape index (κ3) is 3.59. The molecule has 0 unspecified atom stereocenters. The fraction of sp³-hybridized carbons (Fsp3) is 0.250. The van der Waals surface area contributed by atoms with E-state index < -0.39 is 10.0 Å². The monoisotopic (exact) mass is 432 g/mol. The summed E-state index contributed by atoms with van der Waals surface area (Å²) in [4.78, 5) is 4.89. The van der Waals surface area contributed by atoms with Crippen LogP contribution in [-0.2, 0) is 17.1 Å². The molecule has 1 aliphatic rings. The minimum atomic E-state index is -3.78. The van der Waals surface area contributed by atoms with Crippen molar-refractivity contribution in [3.05, 3.63) is 72.8 Å². The van der Waals surface area contributed by atoms with E-state index in [-0.39, 0.29) is 4.90 Å². The summed E-state index contributed by atoms with van der Waals surface area (Å²) in [5.74, 6) is 0. The molecule has 1 aliphatic carbocycles. The van der Waals surface area contributed by atoms with Crippen LogP contribution >= 0.6 is 0 Å². The number of hydrogen-bond acceptors (Lipinski definition) is 4. The zero-order valence-electron chi connectivity index (χ0n) is 17.4. The highest BCUT2D eigenvalue weighted by molar-refractivity contribution is 7.90. The zero-order chi connectivity index (χ0) is 21.4. The second kappa shape index (κ2) is 7.81. The Morgan fingerprint density at radius 2 is 1.81 bits per heavy atom. The largest absolute Gasteiger partial charge is 0.275 e. The van der Waals surface area contributed by atoms with Gasteiger partial charge in [-0.15, -0.1) is 0 Å². The fourth-order valence-corrected chi connectivity index (χ4v) is 5.56. The van der Waals surface area contributed by atoms with Gasteiger partial charge in [0, 0.05) is 42.2 Å². The van der Waals surface area contributed by atoms with Gasteiger partial charge >= 0.3 is 0 Å². The number of fused-ring (bicyclic) bond motifs is 1. The Kier molecular flexibility index (Phi) is 4.98. The van der Waals surface area contributed by atoms with Crippen LogP contribution in [0.25, 0.3) is 27.7 Å². The van der Waals surface area contributed by atoms with Crippen molar-refractivity contribution in [2.75, 3.05) is 0 Å². The molecule has 0 saturated carbocycles. The van der Waals surface area contributed by atoms with Gasteiger partial charge in [-0.2, -0.15) is 5.10 Å². The number of rotatable bonds is 4. The van der Waals surface area contributed by atoms with Gasteiger partial charge in [-0.1, -0.05) is 30.7 Å². The maximum atomic E-state index is 13.4. The topological polar surface area (TPSA) is 69.8 Å². The lowest BCUT2D eigenvalue weighted by atomic mass is 10.0. The van der Waals surface area contributed by atoms with E-state index in [1.54, 1.807) is 47.4 Å². The lowest BCUT2D eigenvalue weighted by Gasteiger charge is -2.08. The van der Waals surface area contributed by atoms with Gasteiger partial charge in [-0.25, -0.2) is 17.4 Å². The van der Waals surface area contributed by atoms with Crippen molar-refractivity contribution in [3.8, 4) is 11.1 Å². The van der Waals surface area contributed by atoms with Gasteiger partial charge in [0.05, 0.1) is 11.1 Å². The number of allylic oxidation sites excluding steroid dienone is 2. The number of pyridine rings is 1. The summed E-state index contributed by atoms with van der Waals surface area (Å²) < 4.78 is 29.9. The maximum absolute atomic E-state index is 13.4. The van der Waals surface area contributed by atoms with E-state index in [1.165, 1.54) is 28.8 Å². The summed E-state index contributed by atoms with van der Waals surface area (Å²) >= 11 is 0. The number of nitrogens with zero attached hydrogens (tertiary/aromatic N) is 4. The molecule has 0 N–H and O–H groups in total. The third-order valence-corrected chi connectivity index (χ3v) is 7.50. The van der Waals surface area contributed by atoms with Crippen LogP contribution in [0.5, 0.6) is 0 Å². The first-order valence-corrected chi connectivity index (χ1v) is 12.0. The number of aryl methyl sites for hydroxylation is 1. The van der Waals surface area contributed by atoms with Gasteiger partial charge in [0.25, 0.3) is 10.0 Å². The highest BCUT2D eigenvalue weighted by Gasteiger charge is 2.23. The highest BCUT2D eigenvalue weighted by atomic mass is 32.2. The molecule has 158 valence electrons. The Hall–Kier alpha value is -3.19. The van der Waals surface area contributed by atoms with Gasteiger partial charge < -0.3 is 0 Å². The molecule has 0 radical (unpaired) electrons. The van der Waals surface area contributed by atoms with Crippen molar-refractivity contribution >= 4 is 26.6 Å². The van der Waals surface area contributed by atoms with Crippen molar-refractivity contribution in [1.29, 1.82) is 0 Å². The zero-order valence-corrected chi connectivity index (χ0v) is 18.2. The summed E-state index contributed by atoms with van der Waals surface area (Å²) in [6, 6.07) is 10.6. The Morgan fingerprint density at radius 1 is 0.968 bits per heavy atom. The van der Waals surface area contributed by atoms with Crippen LogP contribution in [0.4, 0.5) is 0 Å². The lowest BCUT2D eigenvalue weighted by Crippen LogP contribution is -2.12. The maximum Gasteiger partial charge on any atom is 0.269 e. The molecule has 1 aromatic carbocycles. The number of hydrogen-bond donors (Lipinski definition) is 0. The first kappa shape index (κ1) is 19.8. The molecule has 0 saturated heterocycles. The smallest absolute Gasteiger partial charge is 0.269 e. The molecule has 4 aromatic rings. The van der Waals surface area contributed by atoms with E-state index in [0.29, 0.717) is 5.65 Å². The molecule has 3 aromatic heterocycles. The van der Waals surface area contributed by atoms with Crippen molar-refractivity contribution in [2.24, 2.45) is 7.05 Å². The van der Waals surface area contributed by atoms with Crippen LogP contribution in [-0.4, -0.2) is 27.2 Å². The van der Waals surface area contributed by atoms with E-state index in [0.717, 1.165) is 34.9 Å². The molecule has 0 amide bonds. The average Bonchev–Trinajstić information content (AvgIpc) is 3.27. The molecule has 31 heavy (non-hydrogen) atoms. The minimum absolute atomic E-state index is 0.238. The van der Waals surface area contributed by atoms with Gasteiger partial charge in [0.2, 0.25) is 0 Å². The van der Waals surface area contributed by atoms with Crippen LogP contribution in [0.15, 0.2) is 72.2 Å². The first-order chi connectivity index (χ1) is 15.0. The van der Waals surface area contributed by atoms with Crippen LogP contribution in [0.2, 0.25) is 0 Å². The molecule has 3 heterocycles. The predicted octanol–water partition coefficient (Wildman–Crippen LogP) is 5.02. The Bertz CT molecular complexity index is 1380. The molecule has 0 fully saturated rings. The van der Waals surface area contributed by atoms with Crippen molar-refractivity contribution in [2.45, 2.75) is 37.0 Å². The average molecular weight is 433 g/mol. The molecule has 6 nitrogen and oxygen atoms in total. The fourth-order valence-electron chi connectivity index (χ4n) is 4.21. The second-order valence-corrected chi connectivity index (χ2v) is 9.80. The summed E-state index contributed by atoms with van der Waals surface area (Å²) in [5, 5.41) is 5.10. The molecule has 0 spiro atoms. The molecule has 0 aliphatic heterocycles. The highest BCUT2D eigenvalue weighted by Crippen LogP contribution is 2.35. The summed E-state index contributed by atoms with van der Waals surface area (Å²) in [6.45, 7) is 0. The Labute approximate surface area is 181 Å². The molecular weight excluding hydrogens is 408 g/mol. The van der Waals surface area contributed by atoms with Crippen molar-refractivity contribution in [3.63, 3.8) is 0 Å². The lowest BCUT2D eigenvalue weighted by molar-refractivity contribution is 0.589. The molecule has 0 bridgehead atoms. The minimum Gasteiger partial charge on any atom is -0.275 e. The van der Waals surface area contributed by atoms with E-state index in [1.807, 2.05) is 19.4 Å². The van der Waals surface area contributed by atoms with Crippen LogP contribution in [0.1, 0.15) is 37.7 Å². The molecular formula is C24H24N4O2S. The molecule has 7 heteroatoms. The second-order valence-electron chi connectivity index (χ2n) is 7.98.